The van der Waals surface area contributed by atoms with Gasteiger partial charge in [-0.2, -0.15) is 0 Å². The average Bonchev–Trinajstić information content (AvgIpc) is 2.33. The van der Waals surface area contributed by atoms with Gasteiger partial charge < -0.3 is 29.9 Å². The number of aliphatic carboxylic acids is 2. The zero-order valence-corrected chi connectivity index (χ0v) is 11.9. The molecule has 0 saturated heterocycles. The predicted octanol–water partition coefficient (Wildman–Crippen LogP) is -0.258. The standard InChI is InChI=1S/C6H14O4.C4H6O2.C2H4O2/c7-1-3-9-5-6-10-4-2-8;1-3(2)4(5)6;1-2(3)4/h7-8H,1-6H2;1H2,2H3,(H,5,6);1H3,(H,3,4). The summed E-state index contributed by atoms with van der Waals surface area (Å²) in [6, 6.07) is 0. The first-order chi connectivity index (χ1) is 9.29. The van der Waals surface area contributed by atoms with Crippen LogP contribution in [0, 0.1) is 0 Å². The van der Waals surface area contributed by atoms with Crippen molar-refractivity contribution < 1.29 is 39.5 Å². The topological polar surface area (TPSA) is 134 Å². The first kappa shape index (κ1) is 23.6. The third kappa shape index (κ3) is 43.9. The van der Waals surface area contributed by atoms with Crippen molar-refractivity contribution >= 4 is 11.9 Å². The molecule has 0 aromatic rings. The second kappa shape index (κ2) is 19.9. The van der Waals surface area contributed by atoms with Crippen molar-refractivity contribution in [1.82, 2.24) is 0 Å². The zero-order chi connectivity index (χ0) is 16.4. The molecule has 0 radical (unpaired) electrons. The maximum atomic E-state index is 9.60. The molecule has 4 N–H and O–H groups in total. The normalized spacial score (nSPS) is 8.60. The van der Waals surface area contributed by atoms with E-state index in [0.29, 0.717) is 26.4 Å². The molecule has 0 aromatic carbocycles. The fraction of sp³-hybridized carbons (Fsp3) is 0.667. The number of hydrogen-bond donors (Lipinski definition) is 4. The fourth-order valence-electron chi connectivity index (χ4n) is 0.451. The van der Waals surface area contributed by atoms with Crippen molar-refractivity contribution in [1.29, 1.82) is 0 Å². The van der Waals surface area contributed by atoms with Gasteiger partial charge in [0.15, 0.2) is 0 Å². The van der Waals surface area contributed by atoms with E-state index in [1.165, 1.54) is 6.92 Å². The van der Waals surface area contributed by atoms with Gasteiger partial charge in [-0.3, -0.25) is 4.79 Å². The molecule has 0 aliphatic rings. The number of aliphatic hydroxyl groups excluding tert-OH is 2. The molecule has 0 rings (SSSR count). The van der Waals surface area contributed by atoms with Gasteiger partial charge >= 0.3 is 5.97 Å². The van der Waals surface area contributed by atoms with Crippen LogP contribution in [0.5, 0.6) is 0 Å². The number of rotatable bonds is 8. The minimum Gasteiger partial charge on any atom is -0.481 e. The molecule has 0 saturated carbocycles. The number of ether oxygens (including phenoxy) is 2. The molecule has 0 amide bonds. The van der Waals surface area contributed by atoms with Gasteiger partial charge in [-0.05, 0) is 6.92 Å². The van der Waals surface area contributed by atoms with Crippen molar-refractivity contribution in [2.75, 3.05) is 39.6 Å². The number of carboxylic acids is 2. The first-order valence-corrected chi connectivity index (χ1v) is 5.75. The lowest BCUT2D eigenvalue weighted by atomic mass is 10.4. The Kier molecular flexibility index (Phi) is 23.4. The third-order valence-corrected chi connectivity index (χ3v) is 1.21. The summed E-state index contributed by atoms with van der Waals surface area (Å²) in [5.41, 5.74) is 0.176. The summed E-state index contributed by atoms with van der Waals surface area (Å²) in [6.07, 6.45) is 0. The molecule has 20 heavy (non-hydrogen) atoms. The van der Waals surface area contributed by atoms with E-state index >= 15 is 0 Å². The van der Waals surface area contributed by atoms with Crippen molar-refractivity contribution in [2.24, 2.45) is 0 Å². The molecule has 120 valence electrons. The Morgan fingerprint density at radius 3 is 1.30 bits per heavy atom. The third-order valence-electron chi connectivity index (χ3n) is 1.21. The summed E-state index contributed by atoms with van der Waals surface area (Å²) in [6.45, 7) is 7.41. The van der Waals surface area contributed by atoms with E-state index < -0.39 is 11.9 Å². The van der Waals surface area contributed by atoms with Gasteiger partial charge in [-0.15, -0.1) is 0 Å². The second-order valence-electron chi connectivity index (χ2n) is 3.28. The van der Waals surface area contributed by atoms with Crippen LogP contribution in [0.3, 0.4) is 0 Å². The smallest absolute Gasteiger partial charge is 0.330 e. The van der Waals surface area contributed by atoms with Gasteiger partial charge in [-0.1, -0.05) is 6.58 Å². The van der Waals surface area contributed by atoms with Gasteiger partial charge in [0, 0.05) is 12.5 Å². The lowest BCUT2D eigenvalue weighted by Crippen LogP contribution is -2.09. The van der Waals surface area contributed by atoms with Crippen molar-refractivity contribution in [3.05, 3.63) is 12.2 Å². The average molecular weight is 296 g/mol. The Bertz CT molecular complexity index is 228. The van der Waals surface area contributed by atoms with Gasteiger partial charge in [0.2, 0.25) is 0 Å². The van der Waals surface area contributed by atoms with E-state index in [9.17, 15) is 4.79 Å². The molecule has 8 nitrogen and oxygen atoms in total. The summed E-state index contributed by atoms with van der Waals surface area (Å²) in [4.78, 5) is 18.6. The van der Waals surface area contributed by atoms with Gasteiger partial charge in [0.25, 0.3) is 5.97 Å². The van der Waals surface area contributed by atoms with E-state index in [0.717, 1.165) is 6.92 Å². The van der Waals surface area contributed by atoms with E-state index in [1.54, 1.807) is 0 Å². The van der Waals surface area contributed by atoms with Crippen molar-refractivity contribution in [3.8, 4) is 0 Å². The largest absolute Gasteiger partial charge is 0.481 e. The Labute approximate surface area is 118 Å². The number of carboxylic acid groups (broad SMARTS) is 2. The summed E-state index contributed by atoms with van der Waals surface area (Å²) >= 11 is 0. The second-order valence-corrected chi connectivity index (χ2v) is 3.28. The molecular formula is C12H24O8. The minimum absolute atomic E-state index is 0.0417. The van der Waals surface area contributed by atoms with Gasteiger partial charge in [0.05, 0.1) is 39.6 Å². The maximum absolute atomic E-state index is 9.60. The summed E-state index contributed by atoms with van der Waals surface area (Å²) in [5.74, 6) is -1.77. The predicted molar refractivity (Wildman–Crippen MR) is 71.6 cm³/mol. The van der Waals surface area contributed by atoms with Crippen molar-refractivity contribution in [3.63, 3.8) is 0 Å². The van der Waals surface area contributed by atoms with Crippen LogP contribution >= 0.6 is 0 Å². The lowest BCUT2D eigenvalue weighted by Gasteiger charge is -2.01. The summed E-state index contributed by atoms with van der Waals surface area (Å²) < 4.78 is 9.75. The molecule has 0 heterocycles. The number of aliphatic hydroxyl groups is 2. The molecule has 8 heteroatoms. The monoisotopic (exact) mass is 296 g/mol. The quantitative estimate of drug-likeness (QED) is 0.355. The minimum atomic E-state index is -0.935. The molecule has 0 aliphatic heterocycles. The molecule has 0 atom stereocenters. The number of hydrogen-bond acceptors (Lipinski definition) is 6. The Morgan fingerprint density at radius 1 is 0.900 bits per heavy atom. The van der Waals surface area contributed by atoms with Crippen LogP contribution in [0.1, 0.15) is 13.8 Å². The van der Waals surface area contributed by atoms with Crippen LogP contribution in [0.4, 0.5) is 0 Å². The van der Waals surface area contributed by atoms with Crippen LogP contribution < -0.4 is 0 Å². The molecule has 0 fully saturated rings. The molecular weight excluding hydrogens is 272 g/mol. The van der Waals surface area contributed by atoms with Crippen LogP contribution in [-0.2, 0) is 19.1 Å². The van der Waals surface area contributed by atoms with Crippen molar-refractivity contribution in [2.45, 2.75) is 13.8 Å². The Hall–Kier alpha value is -1.48. The van der Waals surface area contributed by atoms with E-state index in [1.807, 2.05) is 0 Å². The van der Waals surface area contributed by atoms with Crippen LogP contribution in [0.25, 0.3) is 0 Å². The first-order valence-electron chi connectivity index (χ1n) is 5.75. The highest BCUT2D eigenvalue weighted by Gasteiger charge is 1.90. The van der Waals surface area contributed by atoms with E-state index in [-0.39, 0.29) is 18.8 Å². The highest BCUT2D eigenvalue weighted by molar-refractivity contribution is 5.84. The Morgan fingerprint density at radius 2 is 1.15 bits per heavy atom. The molecule has 0 unspecified atom stereocenters. The van der Waals surface area contributed by atoms with Gasteiger partial charge in [-0.25, -0.2) is 4.79 Å². The van der Waals surface area contributed by atoms with E-state index in [2.05, 4.69) is 6.58 Å². The molecule has 0 aliphatic carbocycles. The van der Waals surface area contributed by atoms with E-state index in [4.69, 9.17) is 34.7 Å². The molecule has 0 bridgehead atoms. The van der Waals surface area contributed by atoms with Gasteiger partial charge in [0.1, 0.15) is 0 Å². The summed E-state index contributed by atoms with van der Waals surface area (Å²) in [7, 11) is 0. The summed E-state index contributed by atoms with van der Waals surface area (Å²) in [5, 5.41) is 31.8. The number of carbonyl (C=O) groups is 2. The highest BCUT2D eigenvalue weighted by atomic mass is 16.5. The maximum Gasteiger partial charge on any atom is 0.330 e. The SMILES string of the molecule is C=C(C)C(=O)O.CC(=O)O.OCCOCCOCCO. The molecule has 0 aromatic heterocycles. The Balaban J connectivity index is -0.000000246. The van der Waals surface area contributed by atoms with Crippen LogP contribution in [-0.4, -0.2) is 72.0 Å². The fourth-order valence-corrected chi connectivity index (χ4v) is 0.451. The van der Waals surface area contributed by atoms with Crippen LogP contribution in [0.2, 0.25) is 0 Å². The van der Waals surface area contributed by atoms with Crippen LogP contribution in [0.15, 0.2) is 12.2 Å². The highest BCUT2D eigenvalue weighted by Crippen LogP contribution is 1.81. The lowest BCUT2D eigenvalue weighted by molar-refractivity contribution is -0.134. The zero-order valence-electron chi connectivity index (χ0n) is 11.9. The molecule has 0 spiro atoms.